The molecular formula is C16H17BrOS. The fraction of sp³-hybridized carbons (Fsp3) is 0.312. The van der Waals surface area contributed by atoms with Crippen molar-refractivity contribution in [1.29, 1.82) is 0 Å². The van der Waals surface area contributed by atoms with Crippen molar-refractivity contribution in [3.63, 3.8) is 0 Å². The third-order valence-electron chi connectivity index (χ3n) is 3.04. The number of thiophene rings is 1. The van der Waals surface area contributed by atoms with Gasteiger partial charge in [-0.25, -0.2) is 0 Å². The van der Waals surface area contributed by atoms with Gasteiger partial charge in [0.15, 0.2) is 5.78 Å². The Labute approximate surface area is 126 Å². The lowest BCUT2D eigenvalue weighted by Crippen LogP contribution is -1.93. The molecule has 0 bridgehead atoms. The molecule has 0 aliphatic heterocycles. The van der Waals surface area contributed by atoms with Crippen molar-refractivity contribution in [1.82, 2.24) is 0 Å². The Morgan fingerprint density at radius 1 is 1.26 bits per heavy atom. The van der Waals surface area contributed by atoms with Crippen LogP contribution in [0.1, 0.15) is 40.6 Å². The maximum absolute atomic E-state index is 11.9. The zero-order chi connectivity index (χ0) is 14.0. The molecule has 0 saturated carbocycles. The van der Waals surface area contributed by atoms with E-state index < -0.39 is 0 Å². The van der Waals surface area contributed by atoms with Crippen LogP contribution in [0.4, 0.5) is 0 Å². The SMILES string of the molecule is CCCC(=O)c1ccc(-c2c(C)cc(C)cc2Br)s1. The maximum atomic E-state index is 11.9. The summed E-state index contributed by atoms with van der Waals surface area (Å²) in [5, 5.41) is 0. The van der Waals surface area contributed by atoms with E-state index in [2.05, 4.69) is 48.0 Å². The second kappa shape index (κ2) is 6.02. The summed E-state index contributed by atoms with van der Waals surface area (Å²) >= 11 is 5.22. The van der Waals surface area contributed by atoms with Gasteiger partial charge in [-0.3, -0.25) is 4.79 Å². The summed E-state index contributed by atoms with van der Waals surface area (Å²) in [5.74, 6) is 0.250. The van der Waals surface area contributed by atoms with Crippen LogP contribution in [0.2, 0.25) is 0 Å². The van der Waals surface area contributed by atoms with Gasteiger partial charge >= 0.3 is 0 Å². The summed E-state index contributed by atoms with van der Waals surface area (Å²) in [6, 6.07) is 8.29. The molecule has 0 saturated heterocycles. The molecule has 1 aromatic carbocycles. The smallest absolute Gasteiger partial charge is 0.172 e. The van der Waals surface area contributed by atoms with Gasteiger partial charge in [0.2, 0.25) is 0 Å². The van der Waals surface area contributed by atoms with Gasteiger partial charge in [0.05, 0.1) is 4.88 Å². The highest BCUT2D eigenvalue weighted by atomic mass is 79.9. The minimum absolute atomic E-state index is 0.250. The Kier molecular flexibility index (Phi) is 4.58. The number of Topliss-reactive ketones (excluding diaryl/α,β-unsaturated/α-hetero) is 1. The fourth-order valence-electron chi connectivity index (χ4n) is 2.20. The fourth-order valence-corrected chi connectivity index (χ4v) is 4.32. The van der Waals surface area contributed by atoms with Crippen molar-refractivity contribution < 1.29 is 4.79 Å². The molecule has 1 aromatic heterocycles. The first-order valence-corrected chi connectivity index (χ1v) is 8.04. The topological polar surface area (TPSA) is 17.1 Å². The first kappa shape index (κ1) is 14.5. The normalized spacial score (nSPS) is 10.7. The standard InChI is InChI=1S/C16H17BrOS/c1-4-5-13(18)14-6-7-15(19-14)16-11(3)8-10(2)9-12(16)17/h6-9H,4-5H2,1-3H3. The van der Waals surface area contributed by atoms with Gasteiger partial charge in [-0.2, -0.15) is 0 Å². The molecule has 100 valence electrons. The molecule has 0 atom stereocenters. The van der Waals surface area contributed by atoms with Crippen molar-refractivity contribution in [2.24, 2.45) is 0 Å². The number of carbonyl (C=O) groups is 1. The third kappa shape index (κ3) is 3.15. The highest BCUT2D eigenvalue weighted by molar-refractivity contribution is 9.10. The van der Waals surface area contributed by atoms with Crippen molar-refractivity contribution in [3.8, 4) is 10.4 Å². The zero-order valence-corrected chi connectivity index (χ0v) is 13.8. The van der Waals surface area contributed by atoms with E-state index in [4.69, 9.17) is 0 Å². The molecule has 2 rings (SSSR count). The van der Waals surface area contributed by atoms with Crippen LogP contribution < -0.4 is 0 Å². The van der Waals surface area contributed by atoms with Gasteiger partial charge in [-0.15, -0.1) is 11.3 Å². The second-order valence-electron chi connectivity index (χ2n) is 4.78. The quantitative estimate of drug-likeness (QED) is 0.647. The molecule has 0 unspecified atom stereocenters. The average molecular weight is 337 g/mol. The molecule has 1 heterocycles. The van der Waals surface area contributed by atoms with Crippen LogP contribution in [0, 0.1) is 13.8 Å². The first-order chi connectivity index (χ1) is 9.02. The summed E-state index contributed by atoms with van der Waals surface area (Å²) in [4.78, 5) is 13.9. The van der Waals surface area contributed by atoms with Gasteiger partial charge < -0.3 is 0 Å². The highest BCUT2D eigenvalue weighted by Gasteiger charge is 2.13. The average Bonchev–Trinajstić information content (AvgIpc) is 2.77. The number of rotatable bonds is 4. The molecule has 3 heteroatoms. The molecule has 0 N–H and O–H groups in total. The number of carbonyl (C=O) groups excluding carboxylic acids is 1. The van der Waals surface area contributed by atoms with Crippen LogP contribution >= 0.6 is 27.3 Å². The molecule has 0 fully saturated rings. The lowest BCUT2D eigenvalue weighted by Gasteiger charge is -2.08. The Morgan fingerprint density at radius 2 is 2.00 bits per heavy atom. The highest BCUT2D eigenvalue weighted by Crippen LogP contribution is 2.37. The molecule has 2 aromatic rings. The Morgan fingerprint density at radius 3 is 2.63 bits per heavy atom. The molecule has 0 amide bonds. The van der Waals surface area contributed by atoms with Crippen LogP contribution in [0.15, 0.2) is 28.7 Å². The van der Waals surface area contributed by atoms with Crippen LogP contribution in [0.3, 0.4) is 0 Å². The van der Waals surface area contributed by atoms with E-state index in [-0.39, 0.29) is 5.78 Å². The minimum atomic E-state index is 0.250. The lowest BCUT2D eigenvalue weighted by molar-refractivity contribution is 0.0985. The van der Waals surface area contributed by atoms with Gasteiger partial charge in [0.1, 0.15) is 0 Å². The van der Waals surface area contributed by atoms with Crippen molar-refractivity contribution >= 4 is 33.0 Å². The largest absolute Gasteiger partial charge is 0.293 e. The number of benzene rings is 1. The number of ketones is 1. The third-order valence-corrected chi connectivity index (χ3v) is 4.81. The lowest BCUT2D eigenvalue weighted by atomic mass is 10.0. The van der Waals surface area contributed by atoms with E-state index in [1.54, 1.807) is 11.3 Å². The molecular weight excluding hydrogens is 320 g/mol. The minimum Gasteiger partial charge on any atom is -0.293 e. The predicted octanol–water partition coefficient (Wildman–Crippen LogP) is 5.78. The number of hydrogen-bond donors (Lipinski definition) is 0. The first-order valence-electron chi connectivity index (χ1n) is 6.43. The van der Waals surface area contributed by atoms with Crippen LogP contribution in [-0.2, 0) is 0 Å². The summed E-state index contributed by atoms with van der Waals surface area (Å²) in [5.41, 5.74) is 3.68. The van der Waals surface area contributed by atoms with Crippen molar-refractivity contribution in [2.75, 3.05) is 0 Å². The second-order valence-corrected chi connectivity index (χ2v) is 6.71. The summed E-state index contributed by atoms with van der Waals surface area (Å²) in [7, 11) is 0. The Bertz CT molecular complexity index is 590. The van der Waals surface area contributed by atoms with Crippen LogP contribution in [0.25, 0.3) is 10.4 Å². The molecule has 1 nitrogen and oxygen atoms in total. The molecule has 0 spiro atoms. The van der Waals surface area contributed by atoms with Crippen molar-refractivity contribution in [3.05, 3.63) is 44.7 Å². The van der Waals surface area contributed by atoms with Crippen molar-refractivity contribution in [2.45, 2.75) is 33.6 Å². The van der Waals surface area contributed by atoms with E-state index in [0.29, 0.717) is 6.42 Å². The summed E-state index contributed by atoms with van der Waals surface area (Å²) < 4.78 is 1.10. The van der Waals surface area contributed by atoms with Gasteiger partial charge in [-0.1, -0.05) is 28.9 Å². The van der Waals surface area contributed by atoms with Gasteiger partial charge in [0, 0.05) is 21.3 Å². The zero-order valence-electron chi connectivity index (χ0n) is 11.4. The Balaban J connectivity index is 2.41. The molecule has 0 radical (unpaired) electrons. The van der Waals surface area contributed by atoms with E-state index >= 15 is 0 Å². The van der Waals surface area contributed by atoms with Gasteiger partial charge in [-0.05, 0) is 49.6 Å². The number of hydrogen-bond acceptors (Lipinski definition) is 2. The van der Waals surface area contributed by atoms with E-state index in [1.807, 2.05) is 13.0 Å². The monoisotopic (exact) mass is 336 g/mol. The molecule has 0 aliphatic carbocycles. The van der Waals surface area contributed by atoms with E-state index in [1.165, 1.54) is 16.7 Å². The molecule has 19 heavy (non-hydrogen) atoms. The summed E-state index contributed by atoms with van der Waals surface area (Å²) in [6.07, 6.45) is 1.54. The number of halogens is 1. The molecule has 0 aliphatic rings. The van der Waals surface area contributed by atoms with E-state index in [0.717, 1.165) is 20.6 Å². The predicted molar refractivity (Wildman–Crippen MR) is 86.2 cm³/mol. The number of aryl methyl sites for hydroxylation is 2. The summed E-state index contributed by atoms with van der Waals surface area (Å²) in [6.45, 7) is 6.24. The Hall–Kier alpha value is -0.930. The van der Waals surface area contributed by atoms with Crippen LogP contribution in [0.5, 0.6) is 0 Å². The maximum Gasteiger partial charge on any atom is 0.172 e. The van der Waals surface area contributed by atoms with Crippen LogP contribution in [-0.4, -0.2) is 5.78 Å². The van der Waals surface area contributed by atoms with E-state index in [9.17, 15) is 4.79 Å². The van der Waals surface area contributed by atoms with Gasteiger partial charge in [0.25, 0.3) is 0 Å².